The van der Waals surface area contributed by atoms with E-state index < -0.39 is 11.7 Å². The minimum atomic E-state index is -4.25. The molecule has 1 heterocycles. The van der Waals surface area contributed by atoms with Crippen molar-refractivity contribution >= 4 is 0 Å². The molecule has 2 rings (SSSR count). The van der Waals surface area contributed by atoms with Gasteiger partial charge >= 0.3 is 6.18 Å². The first-order valence-corrected chi connectivity index (χ1v) is 6.65. The van der Waals surface area contributed by atoms with Crippen LogP contribution in [0, 0.1) is 5.41 Å². The van der Waals surface area contributed by atoms with Crippen LogP contribution in [0.1, 0.15) is 37.8 Å². The molecule has 0 atom stereocenters. The van der Waals surface area contributed by atoms with E-state index in [9.17, 15) is 13.2 Å². The Balaban J connectivity index is 2.07. The van der Waals surface area contributed by atoms with E-state index in [1.807, 2.05) is 0 Å². The van der Waals surface area contributed by atoms with Crippen LogP contribution in [0.25, 0.3) is 0 Å². The molecule has 106 valence electrons. The zero-order chi connectivity index (χ0) is 14.1. The fourth-order valence-corrected chi connectivity index (χ4v) is 2.78. The minimum Gasteiger partial charge on any atom is -0.299 e. The summed E-state index contributed by atoms with van der Waals surface area (Å²) in [6.07, 6.45) is -1.95. The molecule has 0 unspecified atom stereocenters. The van der Waals surface area contributed by atoms with Gasteiger partial charge in [-0.3, -0.25) is 4.90 Å². The third kappa shape index (κ3) is 3.96. The Morgan fingerprint density at radius 2 is 2.00 bits per heavy atom. The van der Waals surface area contributed by atoms with E-state index in [-0.39, 0.29) is 5.41 Å². The van der Waals surface area contributed by atoms with E-state index in [1.165, 1.54) is 18.6 Å². The molecule has 0 radical (unpaired) electrons. The van der Waals surface area contributed by atoms with Gasteiger partial charge in [0.15, 0.2) is 0 Å². The van der Waals surface area contributed by atoms with Crippen molar-refractivity contribution in [3.05, 3.63) is 35.4 Å². The molecule has 1 aliphatic heterocycles. The van der Waals surface area contributed by atoms with Gasteiger partial charge in [-0.2, -0.15) is 13.2 Å². The first-order chi connectivity index (χ1) is 8.76. The van der Waals surface area contributed by atoms with Crippen LogP contribution in [0.15, 0.2) is 24.3 Å². The standard InChI is InChI=1S/C15H20F3N/c1-14(2)7-4-8-19(11-14)10-12-5-3-6-13(9-12)15(16,17)18/h3,5-6,9H,4,7-8,10-11H2,1-2H3. The maximum atomic E-state index is 12.7. The molecule has 0 saturated carbocycles. The zero-order valence-corrected chi connectivity index (χ0v) is 11.4. The Kier molecular flexibility index (Phi) is 3.90. The molecule has 0 N–H and O–H groups in total. The van der Waals surface area contributed by atoms with Gasteiger partial charge < -0.3 is 0 Å². The number of benzene rings is 1. The largest absolute Gasteiger partial charge is 0.416 e. The van der Waals surface area contributed by atoms with E-state index in [1.54, 1.807) is 6.07 Å². The Labute approximate surface area is 112 Å². The highest BCUT2D eigenvalue weighted by molar-refractivity contribution is 5.25. The molecule has 19 heavy (non-hydrogen) atoms. The van der Waals surface area contributed by atoms with Crippen molar-refractivity contribution in [3.8, 4) is 0 Å². The number of rotatable bonds is 2. The van der Waals surface area contributed by atoms with E-state index in [0.29, 0.717) is 6.54 Å². The van der Waals surface area contributed by atoms with Gasteiger partial charge in [-0.1, -0.05) is 32.0 Å². The average molecular weight is 271 g/mol. The fourth-order valence-electron chi connectivity index (χ4n) is 2.78. The Morgan fingerprint density at radius 1 is 1.26 bits per heavy atom. The SMILES string of the molecule is CC1(C)CCCN(Cc2cccc(C(F)(F)F)c2)C1. The van der Waals surface area contributed by atoms with Gasteiger partial charge in [-0.15, -0.1) is 0 Å². The minimum absolute atomic E-state index is 0.264. The van der Waals surface area contributed by atoms with Gasteiger partial charge in [-0.25, -0.2) is 0 Å². The molecular formula is C15H20F3N. The number of piperidine rings is 1. The molecule has 1 aromatic rings. The van der Waals surface area contributed by atoms with E-state index in [4.69, 9.17) is 0 Å². The van der Waals surface area contributed by atoms with Crippen LogP contribution in [0.3, 0.4) is 0 Å². The maximum absolute atomic E-state index is 12.7. The summed E-state index contributed by atoms with van der Waals surface area (Å²) in [5, 5.41) is 0. The molecule has 1 fully saturated rings. The van der Waals surface area contributed by atoms with Crippen molar-refractivity contribution in [1.29, 1.82) is 0 Å². The first-order valence-electron chi connectivity index (χ1n) is 6.65. The van der Waals surface area contributed by atoms with Crippen molar-refractivity contribution < 1.29 is 13.2 Å². The van der Waals surface area contributed by atoms with E-state index >= 15 is 0 Å². The zero-order valence-electron chi connectivity index (χ0n) is 11.4. The summed E-state index contributed by atoms with van der Waals surface area (Å²) in [6, 6.07) is 5.66. The molecule has 0 amide bonds. The number of alkyl halides is 3. The lowest BCUT2D eigenvalue weighted by Gasteiger charge is -2.38. The first kappa shape index (κ1) is 14.4. The molecule has 0 bridgehead atoms. The number of hydrogen-bond donors (Lipinski definition) is 0. The van der Waals surface area contributed by atoms with Crippen LogP contribution in [0.5, 0.6) is 0 Å². The second-order valence-corrected chi connectivity index (χ2v) is 6.18. The summed E-state index contributed by atoms with van der Waals surface area (Å²) in [5.74, 6) is 0. The Bertz CT molecular complexity index is 437. The van der Waals surface area contributed by atoms with Crippen LogP contribution in [-0.4, -0.2) is 18.0 Å². The second kappa shape index (κ2) is 5.16. The van der Waals surface area contributed by atoms with Crippen molar-refractivity contribution in [3.63, 3.8) is 0 Å². The monoisotopic (exact) mass is 271 g/mol. The van der Waals surface area contributed by atoms with Crippen molar-refractivity contribution in [2.24, 2.45) is 5.41 Å². The van der Waals surface area contributed by atoms with Gasteiger partial charge in [-0.05, 0) is 36.4 Å². The predicted molar refractivity (Wildman–Crippen MR) is 69.7 cm³/mol. The predicted octanol–water partition coefficient (Wildman–Crippen LogP) is 4.33. The molecular weight excluding hydrogens is 251 g/mol. The van der Waals surface area contributed by atoms with Crippen LogP contribution in [0.4, 0.5) is 13.2 Å². The summed E-state index contributed by atoms with van der Waals surface area (Å²) in [4.78, 5) is 2.25. The van der Waals surface area contributed by atoms with Gasteiger partial charge in [0.05, 0.1) is 5.56 Å². The summed E-state index contributed by atoms with van der Waals surface area (Å²) in [7, 11) is 0. The smallest absolute Gasteiger partial charge is 0.299 e. The normalized spacial score (nSPS) is 20.5. The molecule has 1 aliphatic rings. The van der Waals surface area contributed by atoms with Crippen LogP contribution in [0.2, 0.25) is 0 Å². The third-order valence-electron chi connectivity index (χ3n) is 3.64. The summed E-state index contributed by atoms with van der Waals surface area (Å²) >= 11 is 0. The molecule has 1 saturated heterocycles. The maximum Gasteiger partial charge on any atom is 0.416 e. The molecule has 1 aromatic carbocycles. The van der Waals surface area contributed by atoms with Gasteiger partial charge in [0.1, 0.15) is 0 Å². The highest BCUT2D eigenvalue weighted by Gasteiger charge is 2.31. The highest BCUT2D eigenvalue weighted by atomic mass is 19.4. The Morgan fingerprint density at radius 3 is 2.63 bits per heavy atom. The summed E-state index contributed by atoms with van der Waals surface area (Å²) in [5.41, 5.74) is 0.452. The number of halogens is 3. The molecule has 0 aliphatic carbocycles. The lowest BCUT2D eigenvalue weighted by Crippen LogP contribution is -2.39. The average Bonchev–Trinajstić information content (AvgIpc) is 2.26. The van der Waals surface area contributed by atoms with E-state index in [0.717, 1.165) is 31.1 Å². The van der Waals surface area contributed by atoms with Gasteiger partial charge in [0.2, 0.25) is 0 Å². The van der Waals surface area contributed by atoms with Crippen molar-refractivity contribution in [2.45, 2.75) is 39.4 Å². The van der Waals surface area contributed by atoms with Crippen LogP contribution < -0.4 is 0 Å². The van der Waals surface area contributed by atoms with Crippen molar-refractivity contribution in [1.82, 2.24) is 4.90 Å². The number of hydrogen-bond acceptors (Lipinski definition) is 1. The second-order valence-electron chi connectivity index (χ2n) is 6.18. The molecule has 0 aromatic heterocycles. The molecule has 0 spiro atoms. The topological polar surface area (TPSA) is 3.24 Å². The quantitative estimate of drug-likeness (QED) is 0.774. The van der Waals surface area contributed by atoms with Crippen LogP contribution in [-0.2, 0) is 12.7 Å². The van der Waals surface area contributed by atoms with E-state index in [2.05, 4.69) is 18.7 Å². The highest BCUT2D eigenvalue weighted by Crippen LogP contribution is 2.31. The lowest BCUT2D eigenvalue weighted by atomic mass is 9.84. The number of nitrogens with zero attached hydrogens (tertiary/aromatic N) is 1. The molecule has 4 heteroatoms. The molecule has 1 nitrogen and oxygen atoms in total. The van der Waals surface area contributed by atoms with Crippen LogP contribution >= 0.6 is 0 Å². The summed E-state index contributed by atoms with van der Waals surface area (Å²) < 4.78 is 38.0. The number of likely N-dealkylation sites (tertiary alicyclic amines) is 1. The third-order valence-corrected chi connectivity index (χ3v) is 3.64. The lowest BCUT2D eigenvalue weighted by molar-refractivity contribution is -0.137. The summed E-state index contributed by atoms with van der Waals surface area (Å²) in [6.45, 7) is 6.95. The van der Waals surface area contributed by atoms with Gasteiger partial charge in [0.25, 0.3) is 0 Å². The van der Waals surface area contributed by atoms with Gasteiger partial charge in [0, 0.05) is 13.1 Å². The Hall–Kier alpha value is -1.03. The van der Waals surface area contributed by atoms with Crippen molar-refractivity contribution in [2.75, 3.05) is 13.1 Å². The fraction of sp³-hybridized carbons (Fsp3) is 0.600.